The number of nitrogens with zero attached hydrogens (tertiary/aromatic N) is 1. The maximum absolute atomic E-state index is 12.5. The molecule has 0 aromatic heterocycles. The summed E-state index contributed by atoms with van der Waals surface area (Å²) >= 11 is 0. The molecule has 104 valence electrons. The molecule has 0 aliphatic carbocycles. The highest BCUT2D eigenvalue weighted by Gasteiger charge is 2.24. The molecule has 1 heterocycles. The van der Waals surface area contributed by atoms with Gasteiger partial charge in [-0.1, -0.05) is 6.92 Å². The molecule has 4 nitrogen and oxygen atoms in total. The summed E-state index contributed by atoms with van der Waals surface area (Å²) in [5.74, 6) is 2.01. The molecule has 19 heavy (non-hydrogen) atoms. The van der Waals surface area contributed by atoms with Crippen molar-refractivity contribution in [3.05, 3.63) is 23.8 Å². The third-order valence-corrected chi connectivity index (χ3v) is 3.71. The highest BCUT2D eigenvalue weighted by molar-refractivity contribution is 5.97. The minimum absolute atomic E-state index is 0.0302. The second-order valence-electron chi connectivity index (χ2n) is 5.04. The second kappa shape index (κ2) is 5.95. The smallest absolute Gasteiger partial charge is 0.257 e. The lowest BCUT2D eigenvalue weighted by atomic mass is 9.98. The molecule has 0 unspecified atom stereocenters. The summed E-state index contributed by atoms with van der Waals surface area (Å²) in [4.78, 5) is 14.4. The van der Waals surface area contributed by atoms with E-state index in [2.05, 4.69) is 6.92 Å². The number of piperidine rings is 1. The molecule has 1 amide bonds. The van der Waals surface area contributed by atoms with Gasteiger partial charge in [0.25, 0.3) is 5.91 Å². The Morgan fingerprint density at radius 1 is 1.21 bits per heavy atom. The maximum atomic E-state index is 12.5. The highest BCUT2D eigenvalue weighted by Crippen LogP contribution is 2.27. The number of benzene rings is 1. The Bertz CT molecular complexity index is 451. The van der Waals surface area contributed by atoms with E-state index in [9.17, 15) is 4.79 Å². The van der Waals surface area contributed by atoms with Gasteiger partial charge in [0.15, 0.2) is 0 Å². The molecule has 1 fully saturated rings. The lowest BCUT2D eigenvalue weighted by Gasteiger charge is -2.30. The van der Waals surface area contributed by atoms with E-state index in [1.807, 2.05) is 4.90 Å². The minimum atomic E-state index is 0.0302. The topological polar surface area (TPSA) is 38.8 Å². The van der Waals surface area contributed by atoms with E-state index in [1.165, 1.54) is 0 Å². The first-order valence-electron chi connectivity index (χ1n) is 6.67. The molecular weight excluding hydrogens is 242 g/mol. The predicted octanol–water partition coefficient (Wildman–Crippen LogP) is 2.58. The Labute approximate surface area is 114 Å². The molecule has 0 atom stereocenters. The zero-order valence-corrected chi connectivity index (χ0v) is 11.8. The molecule has 1 saturated heterocycles. The first-order valence-corrected chi connectivity index (χ1v) is 6.67. The van der Waals surface area contributed by atoms with E-state index in [4.69, 9.17) is 9.47 Å². The van der Waals surface area contributed by atoms with Crippen molar-refractivity contribution in [3.63, 3.8) is 0 Å². The van der Waals surface area contributed by atoms with E-state index in [0.717, 1.165) is 25.9 Å². The van der Waals surface area contributed by atoms with Crippen LogP contribution in [0.5, 0.6) is 11.5 Å². The number of rotatable bonds is 3. The van der Waals surface area contributed by atoms with Crippen molar-refractivity contribution in [2.45, 2.75) is 19.8 Å². The minimum Gasteiger partial charge on any atom is -0.497 e. The molecule has 4 heteroatoms. The van der Waals surface area contributed by atoms with Crippen LogP contribution in [0, 0.1) is 5.92 Å². The van der Waals surface area contributed by atoms with Crippen LogP contribution in [0.1, 0.15) is 30.1 Å². The van der Waals surface area contributed by atoms with Gasteiger partial charge < -0.3 is 14.4 Å². The van der Waals surface area contributed by atoms with Crippen LogP contribution in [0.25, 0.3) is 0 Å². The number of carbonyl (C=O) groups excluding carboxylic acids is 1. The van der Waals surface area contributed by atoms with Gasteiger partial charge in [-0.15, -0.1) is 0 Å². The quantitative estimate of drug-likeness (QED) is 0.841. The van der Waals surface area contributed by atoms with Crippen LogP contribution in [0.2, 0.25) is 0 Å². The summed E-state index contributed by atoms with van der Waals surface area (Å²) in [6.07, 6.45) is 2.13. The zero-order chi connectivity index (χ0) is 13.8. The molecule has 1 aromatic rings. The number of ether oxygens (including phenoxy) is 2. The average molecular weight is 263 g/mol. The van der Waals surface area contributed by atoms with Crippen LogP contribution in [0.3, 0.4) is 0 Å². The monoisotopic (exact) mass is 263 g/mol. The zero-order valence-electron chi connectivity index (χ0n) is 11.8. The molecule has 0 spiro atoms. The van der Waals surface area contributed by atoms with Gasteiger partial charge in [0.05, 0.1) is 19.8 Å². The van der Waals surface area contributed by atoms with Crippen LogP contribution in [-0.4, -0.2) is 38.1 Å². The molecular formula is C15H21NO3. The summed E-state index contributed by atoms with van der Waals surface area (Å²) in [5.41, 5.74) is 0.580. The average Bonchev–Trinajstić information content (AvgIpc) is 2.46. The predicted molar refractivity (Wildman–Crippen MR) is 73.8 cm³/mol. The lowest BCUT2D eigenvalue weighted by molar-refractivity contribution is 0.0693. The van der Waals surface area contributed by atoms with Crippen molar-refractivity contribution >= 4 is 5.91 Å². The standard InChI is InChI=1S/C15H21NO3/c1-11-6-8-16(9-7-11)15(17)13-10-12(18-2)4-5-14(13)19-3/h4-5,10-11H,6-9H2,1-3H3. The molecule has 2 rings (SSSR count). The summed E-state index contributed by atoms with van der Waals surface area (Å²) in [7, 11) is 3.18. The summed E-state index contributed by atoms with van der Waals surface area (Å²) in [6, 6.07) is 5.33. The highest BCUT2D eigenvalue weighted by atomic mass is 16.5. The van der Waals surface area contributed by atoms with E-state index in [1.54, 1.807) is 32.4 Å². The van der Waals surface area contributed by atoms with Crippen LogP contribution in [0.4, 0.5) is 0 Å². The molecule has 1 aromatic carbocycles. The maximum Gasteiger partial charge on any atom is 0.257 e. The van der Waals surface area contributed by atoms with Crippen molar-refractivity contribution in [2.75, 3.05) is 27.3 Å². The van der Waals surface area contributed by atoms with Gasteiger partial charge >= 0.3 is 0 Å². The van der Waals surface area contributed by atoms with Gasteiger partial charge in [-0.2, -0.15) is 0 Å². The third kappa shape index (κ3) is 3.00. The van der Waals surface area contributed by atoms with E-state index < -0.39 is 0 Å². The van der Waals surface area contributed by atoms with Crippen LogP contribution in [-0.2, 0) is 0 Å². The van der Waals surface area contributed by atoms with Crippen molar-refractivity contribution in [2.24, 2.45) is 5.92 Å². The largest absolute Gasteiger partial charge is 0.497 e. The Morgan fingerprint density at radius 3 is 2.47 bits per heavy atom. The number of amides is 1. The second-order valence-corrected chi connectivity index (χ2v) is 5.04. The Hall–Kier alpha value is -1.71. The first-order chi connectivity index (χ1) is 9.15. The number of hydrogen-bond donors (Lipinski definition) is 0. The fraction of sp³-hybridized carbons (Fsp3) is 0.533. The fourth-order valence-corrected chi connectivity index (χ4v) is 2.36. The number of likely N-dealkylation sites (tertiary alicyclic amines) is 1. The summed E-state index contributed by atoms with van der Waals surface area (Å²) < 4.78 is 10.5. The third-order valence-electron chi connectivity index (χ3n) is 3.71. The number of carbonyl (C=O) groups is 1. The van der Waals surface area contributed by atoms with Crippen molar-refractivity contribution in [1.29, 1.82) is 0 Å². The van der Waals surface area contributed by atoms with E-state index in [-0.39, 0.29) is 5.91 Å². The van der Waals surface area contributed by atoms with Gasteiger partial charge in [0.2, 0.25) is 0 Å². The van der Waals surface area contributed by atoms with Gasteiger partial charge in [-0.3, -0.25) is 4.79 Å². The molecule has 0 N–H and O–H groups in total. The van der Waals surface area contributed by atoms with Crippen LogP contribution in [0.15, 0.2) is 18.2 Å². The SMILES string of the molecule is COc1ccc(OC)c(C(=O)N2CCC(C)CC2)c1. The molecule has 1 aliphatic heterocycles. The van der Waals surface area contributed by atoms with Gasteiger partial charge in [0.1, 0.15) is 11.5 Å². The van der Waals surface area contributed by atoms with Gasteiger partial charge in [-0.05, 0) is 37.0 Å². The fourth-order valence-electron chi connectivity index (χ4n) is 2.36. The number of hydrogen-bond acceptors (Lipinski definition) is 3. The lowest BCUT2D eigenvalue weighted by Crippen LogP contribution is -2.38. The van der Waals surface area contributed by atoms with Crippen molar-refractivity contribution in [1.82, 2.24) is 4.90 Å². The Kier molecular flexibility index (Phi) is 4.30. The van der Waals surface area contributed by atoms with Crippen LogP contribution >= 0.6 is 0 Å². The Morgan fingerprint density at radius 2 is 1.89 bits per heavy atom. The molecule has 0 radical (unpaired) electrons. The summed E-state index contributed by atoms with van der Waals surface area (Å²) in [6.45, 7) is 3.87. The van der Waals surface area contributed by atoms with Crippen molar-refractivity contribution < 1.29 is 14.3 Å². The Balaban J connectivity index is 2.22. The van der Waals surface area contributed by atoms with Crippen molar-refractivity contribution in [3.8, 4) is 11.5 Å². The van der Waals surface area contributed by atoms with E-state index >= 15 is 0 Å². The van der Waals surface area contributed by atoms with Gasteiger partial charge in [-0.25, -0.2) is 0 Å². The van der Waals surface area contributed by atoms with Crippen LogP contribution < -0.4 is 9.47 Å². The number of methoxy groups -OCH3 is 2. The van der Waals surface area contributed by atoms with Gasteiger partial charge in [0, 0.05) is 13.1 Å². The summed E-state index contributed by atoms with van der Waals surface area (Å²) in [5, 5.41) is 0. The first kappa shape index (κ1) is 13.7. The normalized spacial score (nSPS) is 16.3. The van der Waals surface area contributed by atoms with E-state index in [0.29, 0.717) is 23.0 Å². The molecule has 1 aliphatic rings. The molecule has 0 saturated carbocycles. The molecule has 0 bridgehead atoms.